The summed E-state index contributed by atoms with van der Waals surface area (Å²) in [5.41, 5.74) is 7.36. The lowest BCUT2D eigenvalue weighted by Crippen LogP contribution is -2.27. The van der Waals surface area contributed by atoms with Gasteiger partial charge < -0.3 is 10.6 Å². The van der Waals surface area contributed by atoms with Gasteiger partial charge in [0, 0.05) is 19.1 Å². The predicted molar refractivity (Wildman–Crippen MR) is 71.7 cm³/mol. The molecular formula is C14H21FN2. The van der Waals surface area contributed by atoms with Crippen molar-refractivity contribution in [3.63, 3.8) is 0 Å². The number of nitrogens with zero attached hydrogens (tertiary/aromatic N) is 1. The van der Waals surface area contributed by atoms with Crippen molar-refractivity contribution in [3.05, 3.63) is 42.2 Å². The van der Waals surface area contributed by atoms with Gasteiger partial charge in [0.25, 0.3) is 0 Å². The van der Waals surface area contributed by atoms with Gasteiger partial charge in [0.05, 0.1) is 5.69 Å². The average Bonchev–Trinajstić information content (AvgIpc) is 2.28. The molecule has 17 heavy (non-hydrogen) atoms. The SMILES string of the molecule is C=CCN(CCC)c1c(F)cccc1C(C)N. The molecule has 0 saturated carbocycles. The van der Waals surface area contributed by atoms with Crippen molar-refractivity contribution in [1.82, 2.24) is 0 Å². The van der Waals surface area contributed by atoms with Gasteiger partial charge in [0.1, 0.15) is 5.82 Å². The fraction of sp³-hybridized carbons (Fsp3) is 0.429. The Bertz CT molecular complexity index is 374. The fourth-order valence-corrected chi connectivity index (χ4v) is 1.95. The number of hydrogen-bond donors (Lipinski definition) is 1. The van der Waals surface area contributed by atoms with Crippen molar-refractivity contribution in [2.45, 2.75) is 26.3 Å². The highest BCUT2D eigenvalue weighted by Gasteiger charge is 2.16. The summed E-state index contributed by atoms with van der Waals surface area (Å²) < 4.78 is 14.0. The van der Waals surface area contributed by atoms with Crippen LogP contribution in [0, 0.1) is 5.82 Å². The number of para-hydroxylation sites is 1. The molecule has 0 radical (unpaired) electrons. The number of rotatable bonds is 6. The largest absolute Gasteiger partial charge is 0.365 e. The highest BCUT2D eigenvalue weighted by atomic mass is 19.1. The van der Waals surface area contributed by atoms with E-state index < -0.39 is 0 Å². The summed E-state index contributed by atoms with van der Waals surface area (Å²) in [5.74, 6) is -0.213. The predicted octanol–water partition coefficient (Wildman–Crippen LogP) is 3.25. The molecule has 0 aliphatic carbocycles. The summed E-state index contributed by atoms with van der Waals surface area (Å²) in [7, 11) is 0. The third-order valence-electron chi connectivity index (χ3n) is 2.67. The molecule has 0 aliphatic heterocycles. The second kappa shape index (κ2) is 6.40. The van der Waals surface area contributed by atoms with E-state index in [1.54, 1.807) is 12.1 Å². The van der Waals surface area contributed by atoms with Crippen LogP contribution < -0.4 is 10.6 Å². The minimum atomic E-state index is -0.213. The average molecular weight is 236 g/mol. The minimum absolute atomic E-state index is 0.176. The van der Waals surface area contributed by atoms with Crippen molar-refractivity contribution in [2.75, 3.05) is 18.0 Å². The first kappa shape index (κ1) is 13.7. The lowest BCUT2D eigenvalue weighted by molar-refractivity contribution is 0.612. The number of benzene rings is 1. The molecule has 0 amide bonds. The normalized spacial score (nSPS) is 12.2. The van der Waals surface area contributed by atoms with Crippen LogP contribution in [0.15, 0.2) is 30.9 Å². The Balaban J connectivity index is 3.19. The monoisotopic (exact) mass is 236 g/mol. The molecule has 2 nitrogen and oxygen atoms in total. The Morgan fingerprint density at radius 3 is 2.76 bits per heavy atom. The van der Waals surface area contributed by atoms with E-state index in [4.69, 9.17) is 5.73 Å². The zero-order valence-corrected chi connectivity index (χ0v) is 10.6. The first-order valence-electron chi connectivity index (χ1n) is 6.01. The van der Waals surface area contributed by atoms with Gasteiger partial charge in [-0.05, 0) is 25.0 Å². The van der Waals surface area contributed by atoms with Gasteiger partial charge in [0.15, 0.2) is 0 Å². The number of nitrogens with two attached hydrogens (primary N) is 1. The number of hydrogen-bond acceptors (Lipinski definition) is 2. The van der Waals surface area contributed by atoms with E-state index in [9.17, 15) is 4.39 Å². The maximum Gasteiger partial charge on any atom is 0.146 e. The van der Waals surface area contributed by atoms with Crippen molar-refractivity contribution in [2.24, 2.45) is 5.73 Å². The number of halogens is 1. The van der Waals surface area contributed by atoms with Crippen molar-refractivity contribution < 1.29 is 4.39 Å². The zero-order chi connectivity index (χ0) is 12.8. The first-order chi connectivity index (χ1) is 8.11. The summed E-state index contributed by atoms with van der Waals surface area (Å²) in [6, 6.07) is 4.89. The molecule has 94 valence electrons. The smallest absolute Gasteiger partial charge is 0.146 e. The third-order valence-corrected chi connectivity index (χ3v) is 2.67. The molecule has 2 N–H and O–H groups in total. The van der Waals surface area contributed by atoms with Crippen molar-refractivity contribution in [1.29, 1.82) is 0 Å². The van der Waals surface area contributed by atoms with Gasteiger partial charge in [-0.15, -0.1) is 6.58 Å². The molecule has 1 atom stereocenters. The Kier molecular flexibility index (Phi) is 5.16. The van der Waals surface area contributed by atoms with E-state index in [0.29, 0.717) is 12.2 Å². The molecule has 0 saturated heterocycles. The van der Waals surface area contributed by atoms with Gasteiger partial charge in [-0.2, -0.15) is 0 Å². The molecular weight excluding hydrogens is 215 g/mol. The van der Waals surface area contributed by atoms with Crippen LogP contribution in [0.2, 0.25) is 0 Å². The second-order valence-corrected chi connectivity index (χ2v) is 4.20. The maximum atomic E-state index is 14.0. The number of anilines is 1. The van der Waals surface area contributed by atoms with E-state index in [0.717, 1.165) is 18.5 Å². The molecule has 0 fully saturated rings. The van der Waals surface area contributed by atoms with Gasteiger partial charge in [-0.1, -0.05) is 25.1 Å². The van der Waals surface area contributed by atoms with Crippen LogP contribution in [0.3, 0.4) is 0 Å². The van der Waals surface area contributed by atoms with Crippen LogP contribution in [0.1, 0.15) is 31.9 Å². The van der Waals surface area contributed by atoms with Crippen LogP contribution >= 0.6 is 0 Å². The Morgan fingerprint density at radius 2 is 2.24 bits per heavy atom. The van der Waals surface area contributed by atoms with Crippen LogP contribution in [0.5, 0.6) is 0 Å². The standard InChI is InChI=1S/C14H21FN2/c1-4-9-17(10-5-2)14-12(11(3)16)7-6-8-13(14)15/h4,6-8,11H,1,5,9-10,16H2,2-3H3. The molecule has 0 spiro atoms. The molecule has 0 bridgehead atoms. The van der Waals surface area contributed by atoms with Gasteiger partial charge >= 0.3 is 0 Å². The highest BCUT2D eigenvalue weighted by molar-refractivity contribution is 5.56. The quantitative estimate of drug-likeness (QED) is 0.768. The molecule has 0 aromatic heterocycles. The molecule has 1 aromatic carbocycles. The molecule has 3 heteroatoms. The van der Waals surface area contributed by atoms with Crippen molar-refractivity contribution >= 4 is 5.69 Å². The second-order valence-electron chi connectivity index (χ2n) is 4.20. The van der Waals surface area contributed by atoms with E-state index in [2.05, 4.69) is 13.5 Å². The van der Waals surface area contributed by atoms with E-state index >= 15 is 0 Å². The fourth-order valence-electron chi connectivity index (χ4n) is 1.95. The summed E-state index contributed by atoms with van der Waals surface area (Å²) in [5, 5.41) is 0. The molecule has 0 heterocycles. The van der Waals surface area contributed by atoms with Gasteiger partial charge in [-0.25, -0.2) is 4.39 Å². The lowest BCUT2D eigenvalue weighted by Gasteiger charge is -2.27. The first-order valence-corrected chi connectivity index (χ1v) is 6.01. The summed E-state index contributed by atoms with van der Waals surface area (Å²) in [6.45, 7) is 9.09. The zero-order valence-electron chi connectivity index (χ0n) is 10.6. The molecule has 1 rings (SSSR count). The van der Waals surface area contributed by atoms with E-state index in [1.807, 2.05) is 17.9 Å². The highest BCUT2D eigenvalue weighted by Crippen LogP contribution is 2.28. The minimum Gasteiger partial charge on any atom is -0.365 e. The Hall–Kier alpha value is -1.35. The molecule has 1 unspecified atom stereocenters. The summed E-state index contributed by atoms with van der Waals surface area (Å²) in [4.78, 5) is 1.99. The Labute approximate surface area is 103 Å². The van der Waals surface area contributed by atoms with Gasteiger partial charge in [-0.3, -0.25) is 0 Å². The van der Waals surface area contributed by atoms with Gasteiger partial charge in [0.2, 0.25) is 0 Å². The summed E-state index contributed by atoms with van der Waals surface area (Å²) >= 11 is 0. The lowest BCUT2D eigenvalue weighted by atomic mass is 10.0. The van der Waals surface area contributed by atoms with Crippen LogP contribution in [-0.2, 0) is 0 Å². The van der Waals surface area contributed by atoms with Crippen LogP contribution in [-0.4, -0.2) is 13.1 Å². The third kappa shape index (κ3) is 3.30. The van der Waals surface area contributed by atoms with Crippen LogP contribution in [0.4, 0.5) is 10.1 Å². The van der Waals surface area contributed by atoms with Crippen LogP contribution in [0.25, 0.3) is 0 Å². The topological polar surface area (TPSA) is 29.3 Å². The molecule has 0 aliphatic rings. The maximum absolute atomic E-state index is 14.0. The Morgan fingerprint density at radius 1 is 1.53 bits per heavy atom. The summed E-state index contributed by atoms with van der Waals surface area (Å²) in [6.07, 6.45) is 2.74. The van der Waals surface area contributed by atoms with E-state index in [1.165, 1.54) is 6.07 Å². The van der Waals surface area contributed by atoms with Crippen molar-refractivity contribution in [3.8, 4) is 0 Å². The molecule has 1 aromatic rings. The van der Waals surface area contributed by atoms with E-state index in [-0.39, 0.29) is 11.9 Å².